The zero-order valence-corrected chi connectivity index (χ0v) is 21.5. The van der Waals surface area contributed by atoms with E-state index in [1.165, 1.54) is 29.7 Å². The number of thiophene rings is 1. The van der Waals surface area contributed by atoms with Crippen LogP contribution in [0.2, 0.25) is 0 Å². The highest BCUT2D eigenvalue weighted by molar-refractivity contribution is 7.18. The van der Waals surface area contributed by atoms with E-state index >= 15 is 0 Å². The molecule has 6 nitrogen and oxygen atoms in total. The van der Waals surface area contributed by atoms with Gasteiger partial charge in [-0.2, -0.15) is 0 Å². The molecule has 2 N–H and O–H groups in total. The maximum atomic E-state index is 13.1. The summed E-state index contributed by atoms with van der Waals surface area (Å²) in [4.78, 5) is 25.6. The lowest BCUT2D eigenvalue weighted by atomic mass is 9.89. The summed E-state index contributed by atoms with van der Waals surface area (Å²) in [7, 11) is 0. The van der Waals surface area contributed by atoms with Crippen LogP contribution in [-0.2, 0) is 30.7 Å². The Balaban J connectivity index is 1.29. The van der Waals surface area contributed by atoms with Crippen molar-refractivity contribution in [2.45, 2.75) is 83.6 Å². The van der Waals surface area contributed by atoms with E-state index in [0.29, 0.717) is 37.5 Å². The number of benzene rings is 1. The van der Waals surface area contributed by atoms with E-state index in [4.69, 9.17) is 9.72 Å². The maximum Gasteiger partial charge on any atom is 0.259 e. The Morgan fingerprint density at radius 2 is 2.00 bits per heavy atom. The molecule has 3 aromatic rings. The smallest absolute Gasteiger partial charge is 0.259 e. The summed E-state index contributed by atoms with van der Waals surface area (Å²) >= 11 is 1.70. The third-order valence-electron chi connectivity index (χ3n) is 7.53. The first-order valence-electron chi connectivity index (χ1n) is 13.1. The van der Waals surface area contributed by atoms with Crippen molar-refractivity contribution in [3.63, 3.8) is 0 Å². The number of aryl methyl sites for hydroxylation is 1. The molecule has 5 rings (SSSR count). The third-order valence-corrected chi connectivity index (χ3v) is 8.67. The van der Waals surface area contributed by atoms with Gasteiger partial charge in [-0.25, -0.2) is 4.98 Å². The number of H-pyrrole nitrogens is 1. The molecular formula is C28H37N3O3S. The average molecular weight is 496 g/mol. The Hall–Kier alpha value is -2.06. The summed E-state index contributed by atoms with van der Waals surface area (Å²) in [5.74, 6) is 1.37. The number of nitrogens with zero attached hydrogens (tertiary/aromatic N) is 2. The minimum absolute atomic E-state index is 0.00705. The Labute approximate surface area is 211 Å². The van der Waals surface area contributed by atoms with Crippen LogP contribution in [0.15, 0.2) is 35.1 Å². The Bertz CT molecular complexity index is 1170. The van der Waals surface area contributed by atoms with E-state index in [-0.39, 0.29) is 12.2 Å². The summed E-state index contributed by atoms with van der Waals surface area (Å²) < 4.78 is 5.80. The first kappa shape index (κ1) is 24.6. The summed E-state index contributed by atoms with van der Waals surface area (Å²) in [6.07, 6.45) is 8.50. The molecule has 2 aromatic heterocycles. The van der Waals surface area contributed by atoms with Crippen molar-refractivity contribution < 1.29 is 9.84 Å². The lowest BCUT2D eigenvalue weighted by molar-refractivity contribution is -0.00393. The number of aromatic amines is 1. The molecule has 0 radical (unpaired) electrons. The molecule has 0 saturated heterocycles. The number of rotatable bonds is 9. The number of aromatic nitrogens is 2. The van der Waals surface area contributed by atoms with Crippen LogP contribution < -0.4 is 5.56 Å². The van der Waals surface area contributed by atoms with Gasteiger partial charge in [0.05, 0.1) is 31.2 Å². The monoisotopic (exact) mass is 495 g/mol. The topological polar surface area (TPSA) is 78.5 Å². The largest absolute Gasteiger partial charge is 0.389 e. The van der Waals surface area contributed by atoms with Crippen LogP contribution >= 0.6 is 11.3 Å². The van der Waals surface area contributed by atoms with Crippen molar-refractivity contribution in [2.75, 3.05) is 13.2 Å². The van der Waals surface area contributed by atoms with Crippen molar-refractivity contribution in [3.05, 3.63) is 62.5 Å². The minimum atomic E-state index is -0.591. The van der Waals surface area contributed by atoms with Crippen LogP contribution in [0.1, 0.15) is 67.3 Å². The van der Waals surface area contributed by atoms with E-state index in [9.17, 15) is 9.90 Å². The fourth-order valence-electron chi connectivity index (χ4n) is 5.66. The predicted molar refractivity (Wildman–Crippen MR) is 141 cm³/mol. The summed E-state index contributed by atoms with van der Waals surface area (Å²) in [6.45, 7) is 4.13. The Morgan fingerprint density at radius 1 is 1.20 bits per heavy atom. The Kier molecular flexibility index (Phi) is 7.97. The van der Waals surface area contributed by atoms with Gasteiger partial charge in [-0.1, -0.05) is 56.5 Å². The summed E-state index contributed by atoms with van der Waals surface area (Å²) in [6, 6.07) is 10.4. The molecule has 2 atom stereocenters. The van der Waals surface area contributed by atoms with E-state index < -0.39 is 6.10 Å². The first-order chi connectivity index (χ1) is 17.1. The number of hydrogen-bond donors (Lipinski definition) is 2. The highest BCUT2D eigenvalue weighted by Gasteiger charge is 2.26. The predicted octanol–water partition coefficient (Wildman–Crippen LogP) is 4.82. The summed E-state index contributed by atoms with van der Waals surface area (Å²) in [5.41, 5.74) is 2.32. The SMILES string of the molecule is C[C@@H]1CCc2c(sc3nc(CN(C[C@H](O)COCc4ccccc4)C4CCCCC4)[nH]c(=O)c23)C1. The second-order valence-electron chi connectivity index (χ2n) is 10.4. The standard InChI is InChI=1S/C28H37N3O3S/c1-19-12-13-23-24(14-19)35-28-26(23)27(33)29-25(30-28)16-31(21-10-6-3-7-11-21)15-22(32)18-34-17-20-8-4-2-5-9-20/h2,4-5,8-9,19,21-22,32H,3,6-7,10-18H2,1H3,(H,29,30,33)/t19-,22+/m1/s1. The van der Waals surface area contributed by atoms with Crippen molar-refractivity contribution in [2.24, 2.45) is 5.92 Å². The first-order valence-corrected chi connectivity index (χ1v) is 14.0. The second-order valence-corrected chi connectivity index (χ2v) is 11.5. The number of ether oxygens (including phenoxy) is 1. The average Bonchev–Trinajstić information content (AvgIpc) is 3.22. The molecule has 2 aliphatic carbocycles. The Morgan fingerprint density at radius 3 is 2.80 bits per heavy atom. The van der Waals surface area contributed by atoms with E-state index in [0.717, 1.165) is 47.9 Å². The zero-order valence-electron chi connectivity index (χ0n) is 20.7. The second kappa shape index (κ2) is 11.3. The molecular weight excluding hydrogens is 458 g/mol. The highest BCUT2D eigenvalue weighted by atomic mass is 32.1. The molecule has 1 fully saturated rings. The number of fused-ring (bicyclic) bond motifs is 3. The molecule has 188 valence electrons. The van der Waals surface area contributed by atoms with Gasteiger partial charge in [0.1, 0.15) is 10.7 Å². The molecule has 2 heterocycles. The van der Waals surface area contributed by atoms with Gasteiger partial charge in [-0.15, -0.1) is 11.3 Å². The number of aliphatic hydroxyl groups is 1. The van der Waals surface area contributed by atoms with Crippen LogP contribution in [0.4, 0.5) is 0 Å². The van der Waals surface area contributed by atoms with E-state index in [1.807, 2.05) is 30.3 Å². The molecule has 0 bridgehead atoms. The van der Waals surface area contributed by atoms with Gasteiger partial charge >= 0.3 is 0 Å². The molecule has 1 saturated carbocycles. The zero-order chi connectivity index (χ0) is 24.2. The van der Waals surface area contributed by atoms with Crippen molar-refractivity contribution in [3.8, 4) is 0 Å². The number of nitrogens with one attached hydrogen (secondary N) is 1. The van der Waals surface area contributed by atoms with Gasteiger partial charge in [-0.05, 0) is 49.1 Å². The van der Waals surface area contributed by atoms with Crippen LogP contribution in [0, 0.1) is 5.92 Å². The molecule has 0 unspecified atom stereocenters. The maximum absolute atomic E-state index is 13.1. The van der Waals surface area contributed by atoms with Gasteiger partial charge in [0, 0.05) is 17.5 Å². The normalized spacial score (nSPS) is 19.8. The van der Waals surface area contributed by atoms with E-state index in [1.54, 1.807) is 11.3 Å². The summed E-state index contributed by atoms with van der Waals surface area (Å²) in [5, 5.41) is 11.6. The van der Waals surface area contributed by atoms with Crippen molar-refractivity contribution in [1.82, 2.24) is 14.9 Å². The van der Waals surface area contributed by atoms with E-state index in [2.05, 4.69) is 16.8 Å². The van der Waals surface area contributed by atoms with Gasteiger partial charge in [0.25, 0.3) is 5.56 Å². The molecule has 2 aliphatic rings. The highest BCUT2D eigenvalue weighted by Crippen LogP contribution is 2.35. The molecule has 0 amide bonds. The van der Waals surface area contributed by atoms with Gasteiger partial charge in [0.15, 0.2) is 0 Å². The van der Waals surface area contributed by atoms with Gasteiger partial charge in [0.2, 0.25) is 0 Å². The fourth-order valence-corrected chi connectivity index (χ4v) is 7.06. The minimum Gasteiger partial charge on any atom is -0.389 e. The quantitative estimate of drug-likeness (QED) is 0.445. The van der Waals surface area contributed by atoms with Crippen LogP contribution in [-0.4, -0.2) is 45.3 Å². The lowest BCUT2D eigenvalue weighted by Crippen LogP contribution is -2.43. The molecule has 35 heavy (non-hydrogen) atoms. The number of hydrogen-bond acceptors (Lipinski definition) is 6. The van der Waals surface area contributed by atoms with Gasteiger partial charge in [-0.3, -0.25) is 9.69 Å². The molecule has 7 heteroatoms. The van der Waals surface area contributed by atoms with Crippen molar-refractivity contribution >= 4 is 21.6 Å². The van der Waals surface area contributed by atoms with Gasteiger partial charge < -0.3 is 14.8 Å². The van der Waals surface area contributed by atoms with Crippen LogP contribution in [0.5, 0.6) is 0 Å². The fraction of sp³-hybridized carbons (Fsp3) is 0.571. The molecule has 0 spiro atoms. The van der Waals surface area contributed by atoms with Crippen molar-refractivity contribution in [1.29, 1.82) is 0 Å². The lowest BCUT2D eigenvalue weighted by Gasteiger charge is -2.35. The molecule has 1 aromatic carbocycles. The van der Waals surface area contributed by atoms with Crippen LogP contribution in [0.25, 0.3) is 10.2 Å². The number of aliphatic hydroxyl groups excluding tert-OH is 1. The van der Waals surface area contributed by atoms with Crippen LogP contribution in [0.3, 0.4) is 0 Å². The third kappa shape index (κ3) is 6.02. The molecule has 0 aliphatic heterocycles.